The van der Waals surface area contributed by atoms with Crippen LogP contribution in [0.15, 0.2) is 12.1 Å². The van der Waals surface area contributed by atoms with Crippen LogP contribution in [0.4, 0.5) is 10.1 Å². The number of benzene rings is 1. The lowest BCUT2D eigenvalue weighted by molar-refractivity contribution is -0.119. The minimum Gasteiger partial charge on any atom is -0.343 e. The zero-order chi connectivity index (χ0) is 14.5. The van der Waals surface area contributed by atoms with Gasteiger partial charge in [0.2, 0.25) is 12.8 Å². The molecule has 0 aromatic heterocycles. The Balaban J connectivity index is 2.09. The maximum atomic E-state index is 13.6. The van der Waals surface area contributed by atoms with Crippen molar-refractivity contribution < 1.29 is 14.0 Å². The van der Waals surface area contributed by atoms with E-state index in [9.17, 15) is 14.0 Å². The molecule has 2 amide bonds. The molecule has 1 aromatic carbocycles. The second-order valence-corrected chi connectivity index (χ2v) is 4.92. The molecule has 1 fully saturated rings. The van der Waals surface area contributed by atoms with Crippen LogP contribution in [0.2, 0.25) is 0 Å². The van der Waals surface area contributed by atoms with Gasteiger partial charge in [-0.05, 0) is 30.2 Å². The smallest absolute Gasteiger partial charge is 0.211 e. The first kappa shape index (κ1) is 14.5. The summed E-state index contributed by atoms with van der Waals surface area (Å²) in [6.45, 7) is 5.40. The molecule has 1 aliphatic heterocycles. The number of nitrogens with one attached hydrogen (secondary N) is 1. The van der Waals surface area contributed by atoms with Gasteiger partial charge < -0.3 is 10.2 Å². The Hall–Kier alpha value is -1.95. The number of piperazine rings is 1. The molecule has 0 unspecified atom stereocenters. The van der Waals surface area contributed by atoms with Gasteiger partial charge in [-0.3, -0.25) is 14.5 Å². The Morgan fingerprint density at radius 2 is 1.95 bits per heavy atom. The van der Waals surface area contributed by atoms with Crippen molar-refractivity contribution >= 4 is 18.5 Å². The standard InChI is InChI=1S/C14H18FN3O2/c1-11-12(6-13(15)7-14(11)16-9-19)8-17-2-4-18(10-20)5-3-17/h6-7,9-10H,2-5,8H2,1H3,(H,16,19). The van der Waals surface area contributed by atoms with E-state index >= 15 is 0 Å². The molecular formula is C14H18FN3O2. The summed E-state index contributed by atoms with van der Waals surface area (Å²) in [5.41, 5.74) is 2.23. The van der Waals surface area contributed by atoms with Gasteiger partial charge in [0.05, 0.1) is 0 Å². The van der Waals surface area contributed by atoms with Crippen LogP contribution < -0.4 is 5.32 Å². The monoisotopic (exact) mass is 279 g/mol. The van der Waals surface area contributed by atoms with Crippen molar-refractivity contribution in [1.82, 2.24) is 9.80 Å². The first-order valence-corrected chi connectivity index (χ1v) is 6.55. The highest BCUT2D eigenvalue weighted by molar-refractivity contribution is 5.74. The van der Waals surface area contributed by atoms with Gasteiger partial charge in [0.25, 0.3) is 0 Å². The summed E-state index contributed by atoms with van der Waals surface area (Å²) in [7, 11) is 0. The van der Waals surface area contributed by atoms with E-state index in [1.807, 2.05) is 6.92 Å². The molecule has 0 saturated carbocycles. The SMILES string of the molecule is Cc1c(CN2CCN(C=O)CC2)cc(F)cc1NC=O. The van der Waals surface area contributed by atoms with Crippen molar-refractivity contribution in [2.75, 3.05) is 31.5 Å². The third-order valence-corrected chi connectivity index (χ3v) is 3.64. The number of nitrogens with zero attached hydrogens (tertiary/aromatic N) is 2. The number of rotatable bonds is 5. The molecule has 5 nitrogen and oxygen atoms in total. The zero-order valence-corrected chi connectivity index (χ0v) is 11.4. The minimum atomic E-state index is -0.360. The van der Waals surface area contributed by atoms with Crippen molar-refractivity contribution in [2.45, 2.75) is 13.5 Å². The first-order chi connectivity index (χ1) is 9.63. The molecule has 108 valence electrons. The molecule has 1 aliphatic rings. The zero-order valence-electron chi connectivity index (χ0n) is 11.4. The summed E-state index contributed by atoms with van der Waals surface area (Å²) in [5.74, 6) is -0.360. The van der Waals surface area contributed by atoms with Gasteiger partial charge in [-0.1, -0.05) is 0 Å². The predicted molar refractivity (Wildman–Crippen MR) is 73.7 cm³/mol. The van der Waals surface area contributed by atoms with Crippen LogP contribution in [0.5, 0.6) is 0 Å². The quantitative estimate of drug-likeness (QED) is 0.817. The summed E-state index contributed by atoms with van der Waals surface area (Å²) in [6.07, 6.45) is 1.41. The molecule has 1 heterocycles. The van der Waals surface area contributed by atoms with Gasteiger partial charge in [-0.2, -0.15) is 0 Å². The van der Waals surface area contributed by atoms with Crippen LogP contribution in [0.25, 0.3) is 0 Å². The third kappa shape index (κ3) is 3.33. The number of amides is 2. The van der Waals surface area contributed by atoms with Crippen molar-refractivity contribution in [3.63, 3.8) is 0 Å². The number of carbonyl (C=O) groups excluding carboxylic acids is 2. The molecule has 2 rings (SSSR count). The van der Waals surface area contributed by atoms with Gasteiger partial charge in [0.1, 0.15) is 5.82 Å². The topological polar surface area (TPSA) is 52.6 Å². The van der Waals surface area contributed by atoms with Crippen molar-refractivity contribution in [3.05, 3.63) is 29.1 Å². The van der Waals surface area contributed by atoms with Gasteiger partial charge >= 0.3 is 0 Å². The Morgan fingerprint density at radius 3 is 2.55 bits per heavy atom. The Bertz CT molecular complexity index is 499. The molecule has 0 spiro atoms. The van der Waals surface area contributed by atoms with Crippen molar-refractivity contribution in [3.8, 4) is 0 Å². The summed E-state index contributed by atoms with van der Waals surface area (Å²) < 4.78 is 13.6. The summed E-state index contributed by atoms with van der Waals surface area (Å²) >= 11 is 0. The van der Waals surface area contributed by atoms with E-state index in [1.165, 1.54) is 12.1 Å². The fourth-order valence-electron chi connectivity index (χ4n) is 2.38. The van der Waals surface area contributed by atoms with E-state index in [0.29, 0.717) is 31.7 Å². The highest BCUT2D eigenvalue weighted by atomic mass is 19.1. The summed E-state index contributed by atoms with van der Waals surface area (Å²) in [4.78, 5) is 25.1. The Kier molecular flexibility index (Phi) is 4.68. The molecule has 0 aliphatic carbocycles. The average molecular weight is 279 g/mol. The average Bonchev–Trinajstić information content (AvgIpc) is 2.45. The van der Waals surface area contributed by atoms with E-state index < -0.39 is 0 Å². The maximum absolute atomic E-state index is 13.6. The van der Waals surface area contributed by atoms with Crippen molar-refractivity contribution in [2.24, 2.45) is 0 Å². The van der Waals surface area contributed by atoms with E-state index in [2.05, 4.69) is 10.2 Å². The van der Waals surface area contributed by atoms with E-state index in [0.717, 1.165) is 30.6 Å². The molecule has 6 heteroatoms. The number of anilines is 1. The fourth-order valence-corrected chi connectivity index (χ4v) is 2.38. The van der Waals surface area contributed by atoms with Crippen LogP contribution in [0.1, 0.15) is 11.1 Å². The summed E-state index contributed by atoms with van der Waals surface area (Å²) in [5, 5.41) is 2.52. The lowest BCUT2D eigenvalue weighted by Gasteiger charge is -2.32. The van der Waals surface area contributed by atoms with Crippen LogP contribution in [-0.2, 0) is 16.1 Å². The molecule has 0 atom stereocenters. The Labute approximate surface area is 117 Å². The predicted octanol–water partition coefficient (Wildman–Crippen LogP) is 0.976. The highest BCUT2D eigenvalue weighted by Gasteiger charge is 2.17. The van der Waals surface area contributed by atoms with Crippen LogP contribution in [0, 0.1) is 12.7 Å². The van der Waals surface area contributed by atoms with Gasteiger partial charge in [-0.15, -0.1) is 0 Å². The third-order valence-electron chi connectivity index (χ3n) is 3.64. The van der Waals surface area contributed by atoms with Gasteiger partial charge in [0, 0.05) is 38.4 Å². The number of hydrogen-bond acceptors (Lipinski definition) is 3. The van der Waals surface area contributed by atoms with E-state index in [4.69, 9.17) is 0 Å². The molecule has 1 N–H and O–H groups in total. The molecule has 20 heavy (non-hydrogen) atoms. The van der Waals surface area contributed by atoms with Crippen molar-refractivity contribution in [1.29, 1.82) is 0 Å². The normalized spacial score (nSPS) is 16.0. The van der Waals surface area contributed by atoms with Crippen LogP contribution in [0.3, 0.4) is 0 Å². The molecular weight excluding hydrogens is 261 g/mol. The Morgan fingerprint density at radius 1 is 1.25 bits per heavy atom. The molecule has 1 saturated heterocycles. The largest absolute Gasteiger partial charge is 0.343 e. The lowest BCUT2D eigenvalue weighted by atomic mass is 10.1. The van der Waals surface area contributed by atoms with Crippen LogP contribution in [-0.4, -0.2) is 48.8 Å². The number of halogens is 1. The van der Waals surface area contributed by atoms with E-state index in [1.54, 1.807) is 4.90 Å². The summed E-state index contributed by atoms with van der Waals surface area (Å²) in [6, 6.07) is 2.81. The van der Waals surface area contributed by atoms with Gasteiger partial charge in [-0.25, -0.2) is 4.39 Å². The second kappa shape index (κ2) is 6.47. The lowest BCUT2D eigenvalue weighted by Crippen LogP contribution is -2.45. The molecule has 0 radical (unpaired) electrons. The second-order valence-electron chi connectivity index (χ2n) is 4.92. The number of hydrogen-bond donors (Lipinski definition) is 1. The molecule has 1 aromatic rings. The highest BCUT2D eigenvalue weighted by Crippen LogP contribution is 2.22. The maximum Gasteiger partial charge on any atom is 0.211 e. The molecule has 0 bridgehead atoms. The van der Waals surface area contributed by atoms with Crippen LogP contribution >= 0.6 is 0 Å². The van der Waals surface area contributed by atoms with Gasteiger partial charge in [0.15, 0.2) is 0 Å². The first-order valence-electron chi connectivity index (χ1n) is 6.55. The minimum absolute atomic E-state index is 0.360. The number of carbonyl (C=O) groups is 2. The van der Waals surface area contributed by atoms with E-state index in [-0.39, 0.29) is 5.82 Å². The fraction of sp³-hybridized carbons (Fsp3) is 0.429.